The number of phenolic OH excluding ortho intramolecular Hbond substituents is 1. The first-order valence-electron chi connectivity index (χ1n) is 7.06. The summed E-state index contributed by atoms with van der Waals surface area (Å²) in [5.41, 5.74) is 0.804. The molecule has 5 heteroatoms. The molecule has 112 valence electrons. The number of ether oxygens (including phenoxy) is 1. The van der Waals surface area contributed by atoms with Crippen molar-refractivity contribution in [1.29, 1.82) is 0 Å². The van der Waals surface area contributed by atoms with Crippen molar-refractivity contribution in [1.82, 2.24) is 9.80 Å². The van der Waals surface area contributed by atoms with Gasteiger partial charge in [0.05, 0.1) is 7.11 Å². The molecule has 0 aliphatic carbocycles. The summed E-state index contributed by atoms with van der Waals surface area (Å²) in [6, 6.07) is 3.43. The molecule has 0 amide bonds. The van der Waals surface area contributed by atoms with E-state index in [1.165, 1.54) is 33.0 Å². The fourth-order valence-corrected chi connectivity index (χ4v) is 2.82. The van der Waals surface area contributed by atoms with Gasteiger partial charge in [-0.1, -0.05) is 11.6 Å². The summed E-state index contributed by atoms with van der Waals surface area (Å²) in [5.74, 6) is 0.616. The lowest BCUT2D eigenvalue weighted by atomic mass is 10.1. The molecule has 20 heavy (non-hydrogen) atoms. The van der Waals surface area contributed by atoms with Crippen LogP contribution in [0.4, 0.5) is 0 Å². The average Bonchev–Trinajstić information content (AvgIpc) is 2.93. The third kappa shape index (κ3) is 4.01. The molecule has 1 fully saturated rings. The number of phenols is 1. The Labute approximate surface area is 125 Å². The highest BCUT2D eigenvalue weighted by atomic mass is 35.5. The number of aromatic hydroxyl groups is 1. The molecule has 1 saturated heterocycles. The van der Waals surface area contributed by atoms with Crippen molar-refractivity contribution >= 4 is 11.6 Å². The third-order valence-corrected chi connectivity index (χ3v) is 3.99. The van der Waals surface area contributed by atoms with E-state index in [0.29, 0.717) is 17.3 Å². The van der Waals surface area contributed by atoms with Gasteiger partial charge in [-0.3, -0.25) is 0 Å². The molecule has 0 saturated carbocycles. The van der Waals surface area contributed by atoms with Gasteiger partial charge in [0.2, 0.25) is 0 Å². The highest BCUT2D eigenvalue weighted by molar-refractivity contribution is 6.30. The predicted octanol–water partition coefficient (Wildman–Crippen LogP) is 2.58. The number of likely N-dealkylation sites (N-methyl/N-ethyl adjacent to an activating group) is 1. The second-order valence-corrected chi connectivity index (χ2v) is 5.84. The number of methoxy groups -OCH3 is 1. The number of halogens is 1. The van der Waals surface area contributed by atoms with Gasteiger partial charge < -0.3 is 19.6 Å². The van der Waals surface area contributed by atoms with Crippen molar-refractivity contribution in [3.63, 3.8) is 0 Å². The number of hydrogen-bond acceptors (Lipinski definition) is 4. The maximum Gasteiger partial charge on any atom is 0.162 e. The molecule has 2 rings (SSSR count). The monoisotopic (exact) mass is 298 g/mol. The SMILES string of the molecule is COc1cc(Cl)cc(CN(C)CCN2CCCC2)c1O. The smallest absolute Gasteiger partial charge is 0.162 e. The Hall–Kier alpha value is -0.970. The highest BCUT2D eigenvalue weighted by Gasteiger charge is 2.14. The molecule has 0 unspecified atom stereocenters. The summed E-state index contributed by atoms with van der Waals surface area (Å²) >= 11 is 6.05. The molecule has 1 aliphatic heterocycles. The molecule has 1 aliphatic rings. The van der Waals surface area contributed by atoms with Gasteiger partial charge >= 0.3 is 0 Å². The van der Waals surface area contributed by atoms with Gasteiger partial charge in [-0.2, -0.15) is 0 Å². The second-order valence-electron chi connectivity index (χ2n) is 5.40. The quantitative estimate of drug-likeness (QED) is 0.876. The second kappa shape index (κ2) is 7.16. The van der Waals surface area contributed by atoms with Crippen LogP contribution in [0.2, 0.25) is 5.02 Å². The minimum absolute atomic E-state index is 0.185. The van der Waals surface area contributed by atoms with E-state index in [-0.39, 0.29) is 5.75 Å². The summed E-state index contributed by atoms with van der Waals surface area (Å²) in [4.78, 5) is 4.68. The van der Waals surface area contributed by atoms with Crippen LogP contribution in [0.25, 0.3) is 0 Å². The molecule has 0 aromatic heterocycles. The van der Waals surface area contributed by atoms with Crippen LogP contribution >= 0.6 is 11.6 Å². The molecule has 0 atom stereocenters. The number of nitrogens with zero attached hydrogens (tertiary/aromatic N) is 2. The van der Waals surface area contributed by atoms with E-state index in [2.05, 4.69) is 16.8 Å². The van der Waals surface area contributed by atoms with Gasteiger partial charge in [-0.25, -0.2) is 0 Å². The Morgan fingerprint density at radius 1 is 1.35 bits per heavy atom. The first-order valence-corrected chi connectivity index (χ1v) is 7.44. The Morgan fingerprint density at radius 3 is 2.70 bits per heavy atom. The molecule has 1 heterocycles. The van der Waals surface area contributed by atoms with E-state index >= 15 is 0 Å². The van der Waals surface area contributed by atoms with E-state index in [4.69, 9.17) is 16.3 Å². The van der Waals surface area contributed by atoms with E-state index in [1.54, 1.807) is 12.1 Å². The molecule has 0 spiro atoms. The van der Waals surface area contributed by atoms with Gasteiger partial charge in [-0.05, 0) is 39.0 Å². The zero-order valence-corrected chi connectivity index (χ0v) is 13.0. The van der Waals surface area contributed by atoms with Crippen LogP contribution in [0, 0.1) is 0 Å². The summed E-state index contributed by atoms with van der Waals surface area (Å²) in [5, 5.41) is 10.7. The van der Waals surface area contributed by atoms with E-state index < -0.39 is 0 Å². The van der Waals surface area contributed by atoms with Crippen molar-refractivity contribution in [3.05, 3.63) is 22.7 Å². The fraction of sp³-hybridized carbons (Fsp3) is 0.600. The molecular weight excluding hydrogens is 276 g/mol. The standard InChI is InChI=1S/C15H23ClN2O2/c1-17(7-8-18-5-3-4-6-18)11-12-9-13(16)10-14(20-2)15(12)19/h9-10,19H,3-8,11H2,1-2H3. The zero-order chi connectivity index (χ0) is 14.5. The largest absolute Gasteiger partial charge is 0.504 e. The van der Waals surface area contributed by atoms with Gasteiger partial charge in [-0.15, -0.1) is 0 Å². The minimum atomic E-state index is 0.185. The van der Waals surface area contributed by atoms with Crippen molar-refractivity contribution in [2.45, 2.75) is 19.4 Å². The third-order valence-electron chi connectivity index (χ3n) is 3.78. The van der Waals surface area contributed by atoms with Crippen molar-refractivity contribution in [2.24, 2.45) is 0 Å². The summed E-state index contributed by atoms with van der Waals surface area (Å²) in [7, 11) is 3.59. The van der Waals surface area contributed by atoms with Gasteiger partial charge in [0.25, 0.3) is 0 Å². The lowest BCUT2D eigenvalue weighted by Gasteiger charge is -2.22. The zero-order valence-electron chi connectivity index (χ0n) is 12.2. The number of likely N-dealkylation sites (tertiary alicyclic amines) is 1. The van der Waals surface area contributed by atoms with Crippen LogP contribution < -0.4 is 4.74 Å². The maximum atomic E-state index is 10.1. The summed E-state index contributed by atoms with van der Waals surface area (Å²) < 4.78 is 5.13. The van der Waals surface area contributed by atoms with Crippen LogP contribution in [0.1, 0.15) is 18.4 Å². The Morgan fingerprint density at radius 2 is 2.05 bits per heavy atom. The van der Waals surface area contributed by atoms with Gasteiger partial charge in [0, 0.05) is 36.3 Å². The minimum Gasteiger partial charge on any atom is -0.504 e. The van der Waals surface area contributed by atoms with Crippen LogP contribution in [0.5, 0.6) is 11.5 Å². The van der Waals surface area contributed by atoms with Crippen LogP contribution in [-0.4, -0.2) is 55.2 Å². The van der Waals surface area contributed by atoms with E-state index in [0.717, 1.165) is 18.7 Å². The number of rotatable bonds is 6. The number of hydrogen-bond donors (Lipinski definition) is 1. The molecular formula is C15H23ClN2O2. The topological polar surface area (TPSA) is 35.9 Å². The van der Waals surface area contributed by atoms with E-state index in [9.17, 15) is 5.11 Å². The maximum absolute atomic E-state index is 10.1. The van der Waals surface area contributed by atoms with Crippen molar-refractivity contribution in [3.8, 4) is 11.5 Å². The Bertz CT molecular complexity index is 448. The van der Waals surface area contributed by atoms with Crippen molar-refractivity contribution < 1.29 is 9.84 Å². The first-order chi connectivity index (χ1) is 9.60. The summed E-state index contributed by atoms with van der Waals surface area (Å²) in [6.45, 7) is 5.15. The Balaban J connectivity index is 1.92. The normalized spacial score (nSPS) is 16.0. The molecule has 4 nitrogen and oxygen atoms in total. The van der Waals surface area contributed by atoms with Gasteiger partial charge in [0.15, 0.2) is 11.5 Å². The predicted molar refractivity (Wildman–Crippen MR) is 81.7 cm³/mol. The van der Waals surface area contributed by atoms with Gasteiger partial charge in [0.1, 0.15) is 0 Å². The number of benzene rings is 1. The van der Waals surface area contributed by atoms with Crippen LogP contribution in [-0.2, 0) is 6.54 Å². The molecule has 1 aromatic carbocycles. The van der Waals surface area contributed by atoms with Crippen LogP contribution in [0.3, 0.4) is 0 Å². The average molecular weight is 299 g/mol. The lowest BCUT2D eigenvalue weighted by Crippen LogP contribution is -2.31. The lowest BCUT2D eigenvalue weighted by molar-refractivity contribution is 0.249. The van der Waals surface area contributed by atoms with Crippen LogP contribution in [0.15, 0.2) is 12.1 Å². The molecule has 1 N–H and O–H groups in total. The molecule has 0 radical (unpaired) electrons. The molecule has 1 aromatic rings. The molecule has 0 bridgehead atoms. The fourth-order valence-electron chi connectivity index (χ4n) is 2.59. The van der Waals surface area contributed by atoms with E-state index in [1.807, 2.05) is 0 Å². The Kier molecular flexibility index (Phi) is 5.52. The summed E-state index contributed by atoms with van der Waals surface area (Å²) in [6.07, 6.45) is 2.63. The highest BCUT2D eigenvalue weighted by Crippen LogP contribution is 2.33. The first kappa shape index (κ1) is 15.4. The van der Waals surface area contributed by atoms with Crippen molar-refractivity contribution in [2.75, 3.05) is 40.3 Å².